The van der Waals surface area contributed by atoms with Gasteiger partial charge in [0, 0.05) is 23.7 Å². The third kappa shape index (κ3) is 8.54. The van der Waals surface area contributed by atoms with Crippen LogP contribution in [0.1, 0.15) is 152 Å². The molecule has 0 amide bonds. The van der Waals surface area contributed by atoms with E-state index in [9.17, 15) is 38.4 Å². The fourth-order valence-corrected chi connectivity index (χ4v) is 15.1. The van der Waals surface area contributed by atoms with E-state index in [1.165, 1.54) is 6.42 Å². The molecule has 9 saturated carbocycles. The van der Waals surface area contributed by atoms with Gasteiger partial charge < -0.3 is 37.9 Å². The largest absolute Gasteiger partial charge is 0.459 e. The zero-order valence-corrected chi connectivity index (χ0v) is 41.8. The molecule has 8 bridgehead atoms. The Hall–Kier alpha value is -4.24. The highest BCUT2D eigenvalue weighted by molar-refractivity contribution is 5.88. The van der Waals surface area contributed by atoms with Crippen molar-refractivity contribution in [1.29, 1.82) is 0 Å². The minimum Gasteiger partial charge on any atom is -0.459 e. The fourth-order valence-electron chi connectivity index (χ4n) is 15.1. The molecule has 11 aliphatic rings. The van der Waals surface area contributed by atoms with E-state index >= 15 is 0 Å². The van der Waals surface area contributed by atoms with Crippen LogP contribution in [-0.4, -0.2) is 96.6 Å². The summed E-state index contributed by atoms with van der Waals surface area (Å²) in [7, 11) is 0. The van der Waals surface area contributed by atoms with E-state index in [0.29, 0.717) is 37.5 Å². The van der Waals surface area contributed by atoms with Crippen LogP contribution < -0.4 is 0 Å². The Balaban J connectivity index is 0.000000174. The Bertz CT molecular complexity index is 2060. The standard InChI is InChI=1S/C29H40O8.C24H34O8/c1-5-28(3,4)27(33)34-13-20(30)35-23-19-12-18-21(25(31)36-24(18)23)22(19)26(32)37-29(6-2)16-8-14-7-15(10-16)11-17(29)9-14;1-5-23(3,4)22(28)29-12-15(25)30-18-14-11-13-16(20(26)31-19(13)18)17(14)21(27)32-24(6-2)9-7-8-10-24/h14-19,21-24H,5-13H2,1-4H3;13-14,16-19H,5-12H2,1-4H3. The van der Waals surface area contributed by atoms with Crippen LogP contribution in [0.25, 0.3) is 0 Å². The van der Waals surface area contributed by atoms with Gasteiger partial charge in [0.2, 0.25) is 0 Å². The summed E-state index contributed by atoms with van der Waals surface area (Å²) in [6.45, 7) is 13.9. The van der Waals surface area contributed by atoms with Crippen molar-refractivity contribution < 1.29 is 76.3 Å². The summed E-state index contributed by atoms with van der Waals surface area (Å²) in [5.74, 6) is -4.79. The lowest BCUT2D eigenvalue weighted by Gasteiger charge is -2.60. The predicted octanol–water partition coefficient (Wildman–Crippen LogP) is 6.78. The van der Waals surface area contributed by atoms with Gasteiger partial charge in [0.1, 0.15) is 35.6 Å². The summed E-state index contributed by atoms with van der Waals surface area (Å²) in [6.07, 6.45) is 10.9. The monoisotopic (exact) mass is 966 g/mol. The fraction of sp³-hybridized carbons (Fsp3) is 0.849. The molecule has 0 aromatic heterocycles. The van der Waals surface area contributed by atoms with Gasteiger partial charge in [-0.25, -0.2) is 9.59 Å². The van der Waals surface area contributed by atoms with Crippen LogP contribution in [0, 0.1) is 81.8 Å². The molecule has 12 unspecified atom stereocenters. The lowest BCUT2D eigenvalue weighted by molar-refractivity contribution is -0.218. The van der Waals surface area contributed by atoms with Gasteiger partial charge in [-0.1, -0.05) is 27.7 Å². The minimum absolute atomic E-state index is 0.148. The smallest absolute Gasteiger partial charge is 0.344 e. The summed E-state index contributed by atoms with van der Waals surface area (Å²) >= 11 is 0. The van der Waals surface area contributed by atoms with E-state index in [4.69, 9.17) is 37.9 Å². The van der Waals surface area contributed by atoms with Gasteiger partial charge in [0.25, 0.3) is 0 Å². The molecule has 0 N–H and O–H groups in total. The third-order valence-corrected chi connectivity index (χ3v) is 19.5. The van der Waals surface area contributed by atoms with Crippen molar-refractivity contribution in [2.24, 2.45) is 81.8 Å². The number of hydrogen-bond acceptors (Lipinski definition) is 16. The molecule has 0 aromatic rings. The van der Waals surface area contributed by atoms with Gasteiger partial charge >= 0.3 is 47.8 Å². The first-order chi connectivity index (χ1) is 32.7. The molecule has 2 aliphatic heterocycles. The SMILES string of the molecule is CCC(C)(C)C(=O)OCC(=O)OC1C2CC3C1OC(=O)C3C2C(=O)OC1(CC)C2CC3CC(C2)CC1C3.CCC1(OC(=O)C2C3CC4C(OC(=O)C42)C3OC(=O)COC(=O)C(C)(C)CC)CCCC1. The van der Waals surface area contributed by atoms with Crippen molar-refractivity contribution in [2.75, 3.05) is 13.2 Å². The average Bonchev–Trinajstić information content (AvgIpc) is 4.19. The Morgan fingerprint density at radius 1 is 0.565 bits per heavy atom. The average molecular weight is 967 g/mol. The second-order valence-corrected chi connectivity index (χ2v) is 23.8. The first kappa shape index (κ1) is 49.7. The molecule has 69 heavy (non-hydrogen) atoms. The summed E-state index contributed by atoms with van der Waals surface area (Å²) < 4.78 is 45.4. The van der Waals surface area contributed by atoms with Crippen molar-refractivity contribution in [3.05, 3.63) is 0 Å². The molecule has 9 aliphatic carbocycles. The highest BCUT2D eigenvalue weighted by Crippen LogP contribution is 2.64. The van der Waals surface area contributed by atoms with E-state index in [2.05, 4.69) is 6.92 Å². The number of ether oxygens (including phenoxy) is 8. The van der Waals surface area contributed by atoms with Gasteiger partial charge in [-0.05, 0) is 148 Å². The van der Waals surface area contributed by atoms with Crippen molar-refractivity contribution >= 4 is 47.8 Å². The molecular formula is C53H74O16. The van der Waals surface area contributed by atoms with Gasteiger partial charge in [-0.2, -0.15) is 0 Å². The number of carbonyl (C=O) groups is 8. The van der Waals surface area contributed by atoms with Crippen LogP contribution in [-0.2, 0) is 76.3 Å². The normalized spacial score (nSPS) is 39.8. The van der Waals surface area contributed by atoms with Crippen LogP contribution in [0.3, 0.4) is 0 Å². The second kappa shape index (κ2) is 18.4. The summed E-state index contributed by atoms with van der Waals surface area (Å²) in [5.41, 5.74) is -2.28. The summed E-state index contributed by atoms with van der Waals surface area (Å²) in [6, 6.07) is 0. The van der Waals surface area contributed by atoms with Gasteiger partial charge in [0.15, 0.2) is 13.2 Å². The molecular weight excluding hydrogens is 893 g/mol. The minimum atomic E-state index is -0.716. The van der Waals surface area contributed by atoms with Gasteiger partial charge in [-0.15, -0.1) is 0 Å². The molecule has 0 spiro atoms. The Morgan fingerprint density at radius 3 is 1.38 bits per heavy atom. The van der Waals surface area contributed by atoms with Gasteiger partial charge in [-0.3, -0.25) is 28.8 Å². The predicted molar refractivity (Wildman–Crippen MR) is 240 cm³/mol. The van der Waals surface area contributed by atoms with E-state index in [0.717, 1.165) is 76.0 Å². The number of hydrogen-bond donors (Lipinski definition) is 0. The van der Waals surface area contributed by atoms with Crippen LogP contribution in [0.5, 0.6) is 0 Å². The lowest BCUT2D eigenvalue weighted by atomic mass is 9.49. The van der Waals surface area contributed by atoms with Crippen LogP contribution >= 0.6 is 0 Å². The maximum absolute atomic E-state index is 13.9. The highest BCUT2D eigenvalue weighted by atomic mass is 16.6. The first-order valence-electron chi connectivity index (χ1n) is 26.3. The van der Waals surface area contributed by atoms with E-state index in [1.807, 2.05) is 20.8 Å². The zero-order valence-electron chi connectivity index (χ0n) is 41.8. The van der Waals surface area contributed by atoms with Crippen molar-refractivity contribution in [3.8, 4) is 0 Å². The van der Waals surface area contributed by atoms with Crippen molar-refractivity contribution in [1.82, 2.24) is 0 Å². The van der Waals surface area contributed by atoms with Crippen LogP contribution in [0.4, 0.5) is 0 Å². The summed E-state index contributed by atoms with van der Waals surface area (Å²) in [5, 5.41) is 0. The first-order valence-corrected chi connectivity index (χ1v) is 26.3. The van der Waals surface area contributed by atoms with Crippen molar-refractivity contribution in [2.45, 2.75) is 187 Å². The molecule has 16 heteroatoms. The second-order valence-electron chi connectivity index (χ2n) is 23.8. The lowest BCUT2D eigenvalue weighted by Crippen LogP contribution is -2.60. The van der Waals surface area contributed by atoms with Crippen molar-refractivity contribution in [3.63, 3.8) is 0 Å². The number of carbonyl (C=O) groups excluding carboxylic acids is 8. The Morgan fingerprint density at radius 2 is 0.986 bits per heavy atom. The molecule has 11 rings (SSSR count). The van der Waals surface area contributed by atoms with E-state index in [-0.39, 0.29) is 41.6 Å². The molecule has 12 atom stereocenters. The Kier molecular flexibility index (Phi) is 13.3. The third-order valence-electron chi connectivity index (χ3n) is 19.5. The highest BCUT2D eigenvalue weighted by Gasteiger charge is 2.72. The molecule has 2 saturated heterocycles. The summed E-state index contributed by atoms with van der Waals surface area (Å²) in [4.78, 5) is 102. The quantitative estimate of drug-likeness (QED) is 0.115. The van der Waals surface area contributed by atoms with Gasteiger partial charge in [0.05, 0.1) is 34.5 Å². The number of rotatable bonds is 16. The maximum atomic E-state index is 13.9. The molecule has 16 nitrogen and oxygen atoms in total. The topological polar surface area (TPSA) is 210 Å². The number of fused-ring (bicyclic) bond motifs is 2. The Labute approximate surface area is 405 Å². The molecule has 0 aromatic carbocycles. The zero-order chi connectivity index (χ0) is 49.5. The molecule has 382 valence electrons. The van der Waals surface area contributed by atoms with Crippen LogP contribution in [0.15, 0.2) is 0 Å². The van der Waals surface area contributed by atoms with E-state index in [1.54, 1.807) is 27.7 Å². The molecule has 2 heterocycles. The molecule has 11 fully saturated rings. The number of esters is 8. The molecule has 0 radical (unpaired) electrons. The van der Waals surface area contributed by atoms with E-state index < -0.39 is 113 Å². The maximum Gasteiger partial charge on any atom is 0.344 e. The van der Waals surface area contributed by atoms with Crippen LogP contribution in [0.2, 0.25) is 0 Å².